The molecule has 0 aliphatic carbocycles. The second-order valence-electron chi connectivity index (χ2n) is 3.77. The predicted molar refractivity (Wildman–Crippen MR) is 67.0 cm³/mol. The van der Waals surface area contributed by atoms with Crippen molar-refractivity contribution in [3.8, 4) is 11.4 Å². The Morgan fingerprint density at radius 1 is 1.22 bits per heavy atom. The number of nitrogens with zero attached hydrogens (tertiary/aromatic N) is 3. The van der Waals surface area contributed by atoms with Crippen molar-refractivity contribution in [2.75, 3.05) is 13.1 Å². The zero-order valence-electron chi connectivity index (χ0n) is 10.5. The van der Waals surface area contributed by atoms with Gasteiger partial charge in [-0.05, 0) is 13.8 Å². The molecule has 0 saturated carbocycles. The topological polar surface area (TPSA) is 59.2 Å². The molecule has 94 valence electrons. The van der Waals surface area contributed by atoms with Crippen LogP contribution in [0.5, 0.6) is 0 Å². The van der Waals surface area contributed by atoms with Gasteiger partial charge in [0.1, 0.15) is 0 Å². The van der Waals surface area contributed by atoms with E-state index in [9.17, 15) is 4.79 Å². The molecule has 0 bridgehead atoms. The van der Waals surface area contributed by atoms with Gasteiger partial charge in [0, 0.05) is 18.7 Å². The fourth-order valence-electron chi connectivity index (χ4n) is 1.66. The minimum Gasteiger partial charge on any atom is -0.335 e. The van der Waals surface area contributed by atoms with Crippen LogP contribution in [-0.2, 0) is 0 Å². The Morgan fingerprint density at radius 2 is 1.89 bits per heavy atom. The largest absolute Gasteiger partial charge is 0.335 e. The number of carbonyl (C=O) groups excluding carboxylic acids is 1. The van der Waals surface area contributed by atoms with E-state index in [-0.39, 0.29) is 11.8 Å². The maximum absolute atomic E-state index is 12.0. The molecule has 2 rings (SSSR count). The Kier molecular flexibility index (Phi) is 3.72. The number of rotatable bonds is 4. The van der Waals surface area contributed by atoms with Crippen LogP contribution in [0.3, 0.4) is 0 Å². The molecular weight excluding hydrogens is 230 g/mol. The SMILES string of the molecule is CCN(CC)C(=O)c1nc(-c2ccccc2)no1. The molecule has 0 atom stereocenters. The van der Waals surface area contributed by atoms with Crippen LogP contribution in [0.1, 0.15) is 24.5 Å². The monoisotopic (exact) mass is 245 g/mol. The molecule has 1 heterocycles. The first-order chi connectivity index (χ1) is 8.76. The van der Waals surface area contributed by atoms with Gasteiger partial charge in [-0.25, -0.2) is 0 Å². The van der Waals surface area contributed by atoms with E-state index in [1.807, 2.05) is 44.2 Å². The third kappa shape index (κ3) is 2.40. The average Bonchev–Trinajstić information content (AvgIpc) is 2.90. The first-order valence-corrected chi connectivity index (χ1v) is 5.94. The maximum Gasteiger partial charge on any atom is 0.316 e. The Labute approximate surface area is 105 Å². The molecule has 18 heavy (non-hydrogen) atoms. The number of hydrogen-bond donors (Lipinski definition) is 0. The Morgan fingerprint density at radius 3 is 2.50 bits per heavy atom. The highest BCUT2D eigenvalue weighted by atomic mass is 16.5. The number of hydrogen-bond acceptors (Lipinski definition) is 4. The van der Waals surface area contributed by atoms with E-state index < -0.39 is 0 Å². The van der Waals surface area contributed by atoms with E-state index in [0.29, 0.717) is 18.9 Å². The Bertz CT molecular complexity index is 518. The third-order valence-corrected chi connectivity index (χ3v) is 2.69. The van der Waals surface area contributed by atoms with Gasteiger partial charge in [-0.3, -0.25) is 4.79 Å². The second-order valence-corrected chi connectivity index (χ2v) is 3.77. The molecule has 0 aliphatic heterocycles. The number of carbonyl (C=O) groups is 1. The van der Waals surface area contributed by atoms with Crippen molar-refractivity contribution in [3.63, 3.8) is 0 Å². The van der Waals surface area contributed by atoms with Gasteiger partial charge in [0.15, 0.2) is 0 Å². The quantitative estimate of drug-likeness (QED) is 0.828. The van der Waals surface area contributed by atoms with Crippen LogP contribution in [0.25, 0.3) is 11.4 Å². The molecular formula is C13H15N3O2. The highest BCUT2D eigenvalue weighted by Crippen LogP contribution is 2.15. The molecule has 0 saturated heterocycles. The predicted octanol–water partition coefficient (Wildman–Crippen LogP) is 2.22. The lowest BCUT2D eigenvalue weighted by molar-refractivity contribution is 0.0723. The van der Waals surface area contributed by atoms with E-state index in [1.165, 1.54) is 0 Å². The summed E-state index contributed by atoms with van der Waals surface area (Å²) >= 11 is 0. The van der Waals surface area contributed by atoms with Crippen LogP contribution in [0.15, 0.2) is 34.9 Å². The molecule has 1 amide bonds. The van der Waals surface area contributed by atoms with Crippen molar-refractivity contribution in [1.82, 2.24) is 15.0 Å². The lowest BCUT2D eigenvalue weighted by Gasteiger charge is -2.15. The van der Waals surface area contributed by atoms with E-state index in [0.717, 1.165) is 5.56 Å². The highest BCUT2D eigenvalue weighted by Gasteiger charge is 2.20. The Balaban J connectivity index is 2.23. The first-order valence-electron chi connectivity index (χ1n) is 5.94. The van der Waals surface area contributed by atoms with E-state index in [2.05, 4.69) is 10.1 Å². The lowest BCUT2D eigenvalue weighted by Crippen LogP contribution is -2.30. The van der Waals surface area contributed by atoms with E-state index >= 15 is 0 Å². The van der Waals surface area contributed by atoms with E-state index in [1.54, 1.807) is 4.90 Å². The van der Waals surface area contributed by atoms with Crippen molar-refractivity contribution in [1.29, 1.82) is 0 Å². The molecule has 0 unspecified atom stereocenters. The average molecular weight is 245 g/mol. The van der Waals surface area contributed by atoms with E-state index in [4.69, 9.17) is 4.52 Å². The van der Waals surface area contributed by atoms with Crippen LogP contribution in [0.2, 0.25) is 0 Å². The van der Waals surface area contributed by atoms with Crippen LogP contribution >= 0.6 is 0 Å². The van der Waals surface area contributed by atoms with Crippen molar-refractivity contribution in [2.45, 2.75) is 13.8 Å². The van der Waals surface area contributed by atoms with Gasteiger partial charge in [-0.15, -0.1) is 0 Å². The molecule has 2 aromatic rings. The van der Waals surface area contributed by atoms with Crippen LogP contribution < -0.4 is 0 Å². The highest BCUT2D eigenvalue weighted by molar-refractivity contribution is 5.89. The molecule has 0 fully saturated rings. The molecule has 0 spiro atoms. The summed E-state index contributed by atoms with van der Waals surface area (Å²) in [6, 6.07) is 9.42. The zero-order valence-corrected chi connectivity index (χ0v) is 10.5. The lowest BCUT2D eigenvalue weighted by atomic mass is 10.2. The number of benzene rings is 1. The number of aromatic nitrogens is 2. The number of amides is 1. The molecule has 0 radical (unpaired) electrons. The molecule has 5 nitrogen and oxygen atoms in total. The summed E-state index contributed by atoms with van der Waals surface area (Å²) in [6.45, 7) is 5.07. The summed E-state index contributed by atoms with van der Waals surface area (Å²) in [5.74, 6) is 0.248. The maximum atomic E-state index is 12.0. The zero-order chi connectivity index (χ0) is 13.0. The molecule has 0 N–H and O–H groups in total. The fourth-order valence-corrected chi connectivity index (χ4v) is 1.66. The summed E-state index contributed by atoms with van der Waals surface area (Å²) in [7, 11) is 0. The van der Waals surface area contributed by atoms with Crippen LogP contribution in [0.4, 0.5) is 0 Å². The van der Waals surface area contributed by atoms with Crippen molar-refractivity contribution >= 4 is 5.91 Å². The smallest absolute Gasteiger partial charge is 0.316 e. The van der Waals surface area contributed by atoms with Crippen molar-refractivity contribution in [3.05, 3.63) is 36.2 Å². The standard InChI is InChI=1S/C13H15N3O2/c1-3-16(4-2)13(17)12-14-11(15-18-12)10-8-6-5-7-9-10/h5-9H,3-4H2,1-2H3. The fraction of sp³-hybridized carbons (Fsp3) is 0.308. The van der Waals surface area contributed by atoms with Gasteiger partial charge < -0.3 is 9.42 Å². The normalized spacial score (nSPS) is 10.3. The van der Waals surface area contributed by atoms with Gasteiger partial charge in [-0.1, -0.05) is 35.5 Å². The summed E-state index contributed by atoms with van der Waals surface area (Å²) in [4.78, 5) is 17.8. The summed E-state index contributed by atoms with van der Waals surface area (Å²) in [5.41, 5.74) is 0.833. The van der Waals surface area contributed by atoms with Gasteiger partial charge in [0.05, 0.1) is 0 Å². The van der Waals surface area contributed by atoms with Gasteiger partial charge in [-0.2, -0.15) is 4.98 Å². The molecule has 1 aromatic carbocycles. The first kappa shape index (κ1) is 12.3. The summed E-state index contributed by atoms with van der Waals surface area (Å²) in [6.07, 6.45) is 0. The van der Waals surface area contributed by atoms with Crippen molar-refractivity contribution in [2.24, 2.45) is 0 Å². The van der Waals surface area contributed by atoms with Gasteiger partial charge in [0.25, 0.3) is 0 Å². The minimum atomic E-state index is -0.227. The van der Waals surface area contributed by atoms with Crippen LogP contribution in [0, 0.1) is 0 Å². The minimum absolute atomic E-state index is 0.0394. The van der Waals surface area contributed by atoms with Crippen molar-refractivity contribution < 1.29 is 9.32 Å². The molecule has 5 heteroatoms. The molecule has 0 aliphatic rings. The summed E-state index contributed by atoms with van der Waals surface area (Å²) < 4.78 is 5.01. The van der Waals surface area contributed by atoms with Crippen LogP contribution in [-0.4, -0.2) is 34.0 Å². The third-order valence-electron chi connectivity index (χ3n) is 2.69. The van der Waals surface area contributed by atoms with Gasteiger partial charge >= 0.3 is 11.8 Å². The van der Waals surface area contributed by atoms with Gasteiger partial charge in [0.2, 0.25) is 5.82 Å². The molecule has 1 aromatic heterocycles. The summed E-state index contributed by atoms with van der Waals surface area (Å²) in [5, 5.41) is 3.82. The Hall–Kier alpha value is -2.17. The second kappa shape index (κ2) is 5.44.